The minimum absolute atomic E-state index is 0.0122. The molecule has 1 amide bonds. The standard InChI is InChI=1S/C18H18N2O5/c1-4-25-18(22)14-8-13(9-15(10-14)20(23)24)17(21)19-16-7-11(2)5-6-12(16)3/h5-10H,4H2,1-3H3,(H,19,21). The van der Waals surface area contributed by atoms with Crippen molar-refractivity contribution in [3.05, 3.63) is 68.8 Å². The maximum Gasteiger partial charge on any atom is 0.338 e. The maximum absolute atomic E-state index is 12.5. The first-order valence-corrected chi connectivity index (χ1v) is 7.67. The van der Waals surface area contributed by atoms with Crippen LogP contribution in [0.3, 0.4) is 0 Å². The maximum atomic E-state index is 12.5. The molecule has 0 aliphatic rings. The van der Waals surface area contributed by atoms with E-state index in [2.05, 4.69) is 5.32 Å². The Morgan fingerprint density at radius 2 is 1.80 bits per heavy atom. The van der Waals surface area contributed by atoms with Crippen molar-refractivity contribution in [1.29, 1.82) is 0 Å². The molecule has 0 bridgehead atoms. The normalized spacial score (nSPS) is 10.2. The fourth-order valence-corrected chi connectivity index (χ4v) is 2.24. The highest BCUT2D eigenvalue weighted by atomic mass is 16.6. The zero-order valence-electron chi connectivity index (χ0n) is 14.2. The second-order valence-electron chi connectivity index (χ2n) is 5.52. The number of esters is 1. The van der Waals surface area contributed by atoms with Crippen molar-refractivity contribution in [3.8, 4) is 0 Å². The van der Waals surface area contributed by atoms with Gasteiger partial charge in [-0.3, -0.25) is 14.9 Å². The Bertz CT molecular complexity index is 845. The Labute approximate surface area is 144 Å². The highest BCUT2D eigenvalue weighted by Crippen LogP contribution is 2.21. The molecule has 1 N–H and O–H groups in total. The van der Waals surface area contributed by atoms with Gasteiger partial charge in [-0.2, -0.15) is 0 Å². The zero-order valence-corrected chi connectivity index (χ0v) is 14.2. The van der Waals surface area contributed by atoms with Crippen molar-refractivity contribution in [3.63, 3.8) is 0 Å². The predicted molar refractivity (Wildman–Crippen MR) is 92.9 cm³/mol. The smallest absolute Gasteiger partial charge is 0.338 e. The van der Waals surface area contributed by atoms with Gasteiger partial charge in [-0.15, -0.1) is 0 Å². The van der Waals surface area contributed by atoms with E-state index in [1.165, 1.54) is 6.07 Å². The van der Waals surface area contributed by atoms with Crippen LogP contribution in [0, 0.1) is 24.0 Å². The van der Waals surface area contributed by atoms with Crippen LogP contribution in [-0.2, 0) is 4.74 Å². The third kappa shape index (κ3) is 4.41. The van der Waals surface area contributed by atoms with Crippen LogP contribution in [0.5, 0.6) is 0 Å². The van der Waals surface area contributed by atoms with Crippen LogP contribution in [0.1, 0.15) is 38.8 Å². The zero-order chi connectivity index (χ0) is 18.6. The third-order valence-corrected chi connectivity index (χ3v) is 3.54. The van der Waals surface area contributed by atoms with Crippen molar-refractivity contribution in [2.75, 3.05) is 11.9 Å². The first-order valence-electron chi connectivity index (χ1n) is 7.67. The lowest BCUT2D eigenvalue weighted by molar-refractivity contribution is -0.384. The molecular weight excluding hydrogens is 324 g/mol. The Morgan fingerprint density at radius 3 is 2.44 bits per heavy atom. The molecule has 25 heavy (non-hydrogen) atoms. The molecule has 7 heteroatoms. The van der Waals surface area contributed by atoms with Gasteiger partial charge >= 0.3 is 5.97 Å². The van der Waals surface area contributed by atoms with Gasteiger partial charge in [0.1, 0.15) is 0 Å². The molecule has 0 heterocycles. The van der Waals surface area contributed by atoms with Gasteiger partial charge in [0.15, 0.2) is 0 Å². The Balaban J connectivity index is 2.39. The second kappa shape index (κ2) is 7.57. The SMILES string of the molecule is CCOC(=O)c1cc(C(=O)Nc2cc(C)ccc2C)cc([N+](=O)[O-])c1. The van der Waals surface area contributed by atoms with Crippen LogP contribution < -0.4 is 5.32 Å². The van der Waals surface area contributed by atoms with Gasteiger partial charge in [0, 0.05) is 23.4 Å². The van der Waals surface area contributed by atoms with E-state index in [0.29, 0.717) is 5.69 Å². The first-order chi connectivity index (χ1) is 11.8. The monoisotopic (exact) mass is 342 g/mol. The van der Waals surface area contributed by atoms with Gasteiger partial charge in [-0.1, -0.05) is 12.1 Å². The summed E-state index contributed by atoms with van der Waals surface area (Å²) in [5.74, 6) is -1.25. The molecule has 0 aliphatic carbocycles. The van der Waals surface area contributed by atoms with Gasteiger partial charge < -0.3 is 10.1 Å². The van der Waals surface area contributed by atoms with E-state index in [1.807, 2.05) is 26.0 Å². The largest absolute Gasteiger partial charge is 0.462 e. The van der Waals surface area contributed by atoms with Crippen LogP contribution in [0.25, 0.3) is 0 Å². The number of nitrogens with one attached hydrogen (secondary N) is 1. The van der Waals surface area contributed by atoms with Gasteiger partial charge in [0.05, 0.1) is 17.1 Å². The van der Waals surface area contributed by atoms with Gasteiger partial charge in [0.2, 0.25) is 0 Å². The lowest BCUT2D eigenvalue weighted by atomic mass is 10.1. The summed E-state index contributed by atoms with van der Waals surface area (Å²) in [7, 11) is 0. The van der Waals surface area contributed by atoms with Gasteiger partial charge in [0.25, 0.3) is 11.6 Å². The average Bonchev–Trinajstić information content (AvgIpc) is 2.57. The van der Waals surface area contributed by atoms with Crippen molar-refractivity contribution in [2.45, 2.75) is 20.8 Å². The molecule has 0 radical (unpaired) electrons. The van der Waals surface area contributed by atoms with Crippen molar-refractivity contribution >= 4 is 23.3 Å². The van der Waals surface area contributed by atoms with Crippen LogP contribution in [0.4, 0.5) is 11.4 Å². The lowest BCUT2D eigenvalue weighted by Crippen LogP contribution is -2.15. The average molecular weight is 342 g/mol. The molecule has 7 nitrogen and oxygen atoms in total. The highest BCUT2D eigenvalue weighted by Gasteiger charge is 2.19. The summed E-state index contributed by atoms with van der Waals surface area (Å²) in [5, 5.41) is 13.8. The molecule has 2 rings (SSSR count). The minimum atomic E-state index is -0.716. The van der Waals surface area contributed by atoms with E-state index >= 15 is 0 Å². The number of amides is 1. The van der Waals surface area contributed by atoms with Crippen LogP contribution >= 0.6 is 0 Å². The van der Waals surface area contributed by atoms with E-state index in [-0.39, 0.29) is 23.4 Å². The van der Waals surface area contributed by atoms with Crippen molar-refractivity contribution in [1.82, 2.24) is 0 Å². The minimum Gasteiger partial charge on any atom is -0.462 e. The summed E-state index contributed by atoms with van der Waals surface area (Å²) in [6.07, 6.45) is 0. The number of nitro groups is 1. The second-order valence-corrected chi connectivity index (χ2v) is 5.52. The topological polar surface area (TPSA) is 98.5 Å². The van der Waals surface area contributed by atoms with E-state index in [0.717, 1.165) is 23.3 Å². The van der Waals surface area contributed by atoms with Gasteiger partial charge in [-0.05, 0) is 44.0 Å². The number of ether oxygens (including phenoxy) is 1. The van der Waals surface area contributed by atoms with E-state index in [9.17, 15) is 19.7 Å². The molecule has 0 saturated carbocycles. The number of nitrogens with zero attached hydrogens (tertiary/aromatic N) is 1. The molecule has 0 unspecified atom stereocenters. The molecular formula is C18H18N2O5. The molecule has 2 aromatic carbocycles. The highest BCUT2D eigenvalue weighted by molar-refractivity contribution is 6.06. The van der Waals surface area contributed by atoms with Crippen LogP contribution in [-0.4, -0.2) is 23.4 Å². The molecule has 0 aromatic heterocycles. The third-order valence-electron chi connectivity index (χ3n) is 3.54. The summed E-state index contributed by atoms with van der Waals surface area (Å²) in [4.78, 5) is 34.8. The summed E-state index contributed by atoms with van der Waals surface area (Å²) in [6, 6.07) is 9.08. The lowest BCUT2D eigenvalue weighted by Gasteiger charge is -2.10. The van der Waals surface area contributed by atoms with Crippen LogP contribution in [0.15, 0.2) is 36.4 Å². The molecule has 0 spiro atoms. The van der Waals surface area contributed by atoms with Gasteiger partial charge in [-0.25, -0.2) is 4.79 Å². The van der Waals surface area contributed by atoms with E-state index in [1.54, 1.807) is 13.0 Å². The molecule has 130 valence electrons. The number of hydrogen-bond acceptors (Lipinski definition) is 5. The number of nitro benzene ring substituents is 1. The Morgan fingerprint density at radius 1 is 1.12 bits per heavy atom. The quantitative estimate of drug-likeness (QED) is 0.508. The number of hydrogen-bond donors (Lipinski definition) is 1. The first kappa shape index (κ1) is 18.1. The predicted octanol–water partition coefficient (Wildman–Crippen LogP) is 3.64. The van der Waals surface area contributed by atoms with E-state index < -0.39 is 16.8 Å². The summed E-state index contributed by atoms with van der Waals surface area (Å²) < 4.78 is 4.86. The Hall–Kier alpha value is -3.22. The summed E-state index contributed by atoms with van der Waals surface area (Å²) in [6.45, 7) is 5.49. The summed E-state index contributed by atoms with van der Waals surface area (Å²) in [5.41, 5.74) is 2.05. The number of anilines is 1. The summed E-state index contributed by atoms with van der Waals surface area (Å²) >= 11 is 0. The van der Waals surface area contributed by atoms with Crippen LogP contribution in [0.2, 0.25) is 0 Å². The number of benzene rings is 2. The number of non-ortho nitro benzene ring substituents is 1. The molecule has 0 saturated heterocycles. The molecule has 0 aliphatic heterocycles. The fourth-order valence-electron chi connectivity index (χ4n) is 2.24. The number of carbonyl (C=O) groups is 2. The van der Waals surface area contributed by atoms with E-state index in [4.69, 9.17) is 4.74 Å². The molecule has 0 fully saturated rings. The van der Waals surface area contributed by atoms with Crippen molar-refractivity contribution < 1.29 is 19.2 Å². The molecule has 2 aromatic rings. The van der Waals surface area contributed by atoms with Crippen molar-refractivity contribution in [2.24, 2.45) is 0 Å². The fraction of sp³-hybridized carbons (Fsp3) is 0.222. The Kier molecular flexibility index (Phi) is 5.49. The number of aryl methyl sites for hydroxylation is 2. The number of rotatable bonds is 5. The molecule has 0 atom stereocenters. The number of carbonyl (C=O) groups excluding carboxylic acids is 2.